The minimum atomic E-state index is -1.50. The first-order chi connectivity index (χ1) is 14.6. The summed E-state index contributed by atoms with van der Waals surface area (Å²) in [5.41, 5.74) is 11.6. The Kier molecular flexibility index (Phi) is 10.5. The summed E-state index contributed by atoms with van der Waals surface area (Å²) in [6.07, 6.45) is -0.159. The van der Waals surface area contributed by atoms with Crippen LogP contribution in [0.15, 0.2) is 30.3 Å². The highest BCUT2D eigenvalue weighted by Crippen LogP contribution is 2.05. The van der Waals surface area contributed by atoms with Gasteiger partial charge in [0.1, 0.15) is 12.1 Å². The lowest BCUT2D eigenvalue weighted by Gasteiger charge is -2.22. The number of nitrogens with one attached hydrogen (secondary N) is 4. The van der Waals surface area contributed by atoms with Crippen molar-refractivity contribution in [3.8, 4) is 0 Å². The fourth-order valence-electron chi connectivity index (χ4n) is 2.66. The van der Waals surface area contributed by atoms with Crippen molar-refractivity contribution in [1.82, 2.24) is 16.0 Å². The monoisotopic (exact) mass is 436 g/mol. The van der Waals surface area contributed by atoms with Crippen LogP contribution in [-0.2, 0) is 25.6 Å². The number of nitrogens with two attached hydrogens (primary N) is 2. The SMILES string of the molecule is N=C(N)NCCC[C@H](N)C(=O)N[C@@H](CC(=O)O)C(=O)N[C@@H](Cc1ccccc1)C(=O)O. The van der Waals surface area contributed by atoms with Gasteiger partial charge < -0.3 is 37.6 Å². The predicted octanol–water partition coefficient (Wildman–Crippen LogP) is -1.65. The summed E-state index contributed by atoms with van der Waals surface area (Å²) in [6.45, 7) is 0.315. The standard InChI is InChI=1S/C19H28N6O6/c20-12(7-4-8-23-19(21)22)16(28)24-13(10-15(26)27)17(29)25-14(18(30)31)9-11-5-2-1-3-6-11/h1-3,5-6,12-14H,4,7-10,20H2,(H,24,28)(H,25,29)(H,26,27)(H,30,31)(H4,21,22,23)/t12-,13-,14-/m0/s1. The summed E-state index contributed by atoms with van der Waals surface area (Å²) in [4.78, 5) is 47.5. The summed E-state index contributed by atoms with van der Waals surface area (Å²) < 4.78 is 0. The molecule has 1 aromatic carbocycles. The van der Waals surface area contributed by atoms with Gasteiger partial charge in [-0.3, -0.25) is 19.8 Å². The molecule has 0 fully saturated rings. The molecule has 2 amide bonds. The van der Waals surface area contributed by atoms with Gasteiger partial charge in [-0.1, -0.05) is 30.3 Å². The predicted molar refractivity (Wildman–Crippen MR) is 111 cm³/mol. The largest absolute Gasteiger partial charge is 0.481 e. The Labute approximate surface area is 178 Å². The maximum absolute atomic E-state index is 12.5. The quantitative estimate of drug-likeness (QED) is 0.101. The number of hydrogen-bond donors (Lipinski definition) is 8. The molecule has 0 radical (unpaired) electrons. The van der Waals surface area contributed by atoms with E-state index < -0.39 is 48.3 Å². The number of carboxylic acid groups (broad SMARTS) is 2. The lowest BCUT2D eigenvalue weighted by atomic mass is 10.0. The average molecular weight is 436 g/mol. The van der Waals surface area contributed by atoms with Crippen molar-refractivity contribution in [2.45, 2.75) is 43.8 Å². The van der Waals surface area contributed by atoms with Crippen LogP contribution in [0, 0.1) is 5.41 Å². The van der Waals surface area contributed by atoms with Crippen LogP contribution in [0.1, 0.15) is 24.8 Å². The fourth-order valence-corrected chi connectivity index (χ4v) is 2.66. The number of guanidine groups is 1. The van der Waals surface area contributed by atoms with Crippen LogP contribution in [0.3, 0.4) is 0 Å². The van der Waals surface area contributed by atoms with Gasteiger partial charge in [-0.25, -0.2) is 4.79 Å². The van der Waals surface area contributed by atoms with E-state index in [0.29, 0.717) is 18.5 Å². The van der Waals surface area contributed by atoms with Crippen molar-refractivity contribution in [3.05, 3.63) is 35.9 Å². The highest BCUT2D eigenvalue weighted by Gasteiger charge is 2.29. The van der Waals surface area contributed by atoms with E-state index in [4.69, 9.17) is 22.0 Å². The van der Waals surface area contributed by atoms with Crippen molar-refractivity contribution in [2.75, 3.05) is 6.54 Å². The molecule has 10 N–H and O–H groups in total. The highest BCUT2D eigenvalue weighted by atomic mass is 16.4. The van der Waals surface area contributed by atoms with Crippen molar-refractivity contribution in [1.29, 1.82) is 5.41 Å². The molecule has 0 saturated carbocycles. The second-order valence-electron chi connectivity index (χ2n) is 6.84. The number of carboxylic acids is 2. The van der Waals surface area contributed by atoms with Crippen LogP contribution in [0.5, 0.6) is 0 Å². The van der Waals surface area contributed by atoms with Crippen LogP contribution in [0.4, 0.5) is 0 Å². The molecular formula is C19H28N6O6. The van der Waals surface area contributed by atoms with E-state index in [2.05, 4.69) is 16.0 Å². The molecule has 0 aliphatic carbocycles. The van der Waals surface area contributed by atoms with E-state index in [1.165, 1.54) is 0 Å². The summed E-state index contributed by atoms with van der Waals surface area (Å²) in [6, 6.07) is 4.75. The van der Waals surface area contributed by atoms with Gasteiger partial charge >= 0.3 is 11.9 Å². The third-order valence-corrected chi connectivity index (χ3v) is 4.25. The van der Waals surface area contributed by atoms with Gasteiger partial charge in [-0.2, -0.15) is 0 Å². The first-order valence-corrected chi connectivity index (χ1v) is 9.53. The maximum atomic E-state index is 12.5. The van der Waals surface area contributed by atoms with Gasteiger partial charge in [0.05, 0.1) is 12.5 Å². The number of carbonyl (C=O) groups is 4. The molecule has 0 saturated heterocycles. The Morgan fingerprint density at radius 1 is 1.00 bits per heavy atom. The molecule has 12 heteroatoms. The fraction of sp³-hybridized carbons (Fsp3) is 0.421. The summed E-state index contributed by atoms with van der Waals surface area (Å²) in [5.74, 6) is -4.56. The Hall–Kier alpha value is -3.67. The smallest absolute Gasteiger partial charge is 0.326 e. The van der Waals surface area contributed by atoms with Crippen molar-refractivity contribution < 1.29 is 29.4 Å². The lowest BCUT2D eigenvalue weighted by molar-refractivity contribution is -0.143. The molecule has 12 nitrogen and oxygen atoms in total. The number of benzene rings is 1. The van der Waals surface area contributed by atoms with E-state index in [1.807, 2.05) is 0 Å². The van der Waals surface area contributed by atoms with E-state index in [-0.39, 0.29) is 18.8 Å². The number of rotatable bonds is 13. The molecule has 0 spiro atoms. The topological polar surface area (TPSA) is 221 Å². The molecule has 1 rings (SSSR count). The van der Waals surface area contributed by atoms with Crippen LogP contribution >= 0.6 is 0 Å². The molecule has 3 atom stereocenters. The minimum absolute atomic E-state index is 0.0156. The second-order valence-corrected chi connectivity index (χ2v) is 6.84. The van der Waals surface area contributed by atoms with Crippen LogP contribution < -0.4 is 27.4 Å². The van der Waals surface area contributed by atoms with Gasteiger partial charge in [0.2, 0.25) is 11.8 Å². The van der Waals surface area contributed by atoms with E-state index >= 15 is 0 Å². The highest BCUT2D eigenvalue weighted by molar-refractivity contribution is 5.94. The molecular weight excluding hydrogens is 408 g/mol. The molecule has 0 bridgehead atoms. The molecule has 0 heterocycles. The second kappa shape index (κ2) is 12.8. The van der Waals surface area contributed by atoms with Crippen molar-refractivity contribution >= 4 is 29.7 Å². The third kappa shape index (κ3) is 10.1. The zero-order valence-corrected chi connectivity index (χ0v) is 16.8. The van der Waals surface area contributed by atoms with Crippen LogP contribution in [-0.4, -0.2) is 64.6 Å². The Balaban J connectivity index is 2.74. The molecule has 0 aliphatic heterocycles. The Bertz CT molecular complexity index is 787. The average Bonchev–Trinajstić information content (AvgIpc) is 2.70. The Morgan fingerprint density at radius 2 is 1.61 bits per heavy atom. The van der Waals surface area contributed by atoms with Crippen LogP contribution in [0.2, 0.25) is 0 Å². The van der Waals surface area contributed by atoms with Gasteiger partial charge in [-0.15, -0.1) is 0 Å². The van der Waals surface area contributed by atoms with Crippen molar-refractivity contribution in [2.24, 2.45) is 11.5 Å². The number of hydrogen-bond acceptors (Lipinski definition) is 6. The lowest BCUT2D eigenvalue weighted by Crippen LogP contribution is -2.55. The zero-order chi connectivity index (χ0) is 23.4. The summed E-state index contributed by atoms with van der Waals surface area (Å²) in [7, 11) is 0. The molecule has 0 aliphatic rings. The molecule has 0 unspecified atom stereocenters. The summed E-state index contributed by atoms with van der Waals surface area (Å²) in [5, 5.41) is 32.6. The van der Waals surface area contributed by atoms with E-state index in [9.17, 15) is 24.3 Å². The minimum Gasteiger partial charge on any atom is -0.481 e. The molecule has 1 aromatic rings. The van der Waals surface area contributed by atoms with Crippen molar-refractivity contribution in [3.63, 3.8) is 0 Å². The maximum Gasteiger partial charge on any atom is 0.326 e. The van der Waals surface area contributed by atoms with Gasteiger partial charge in [-0.05, 0) is 18.4 Å². The first kappa shape index (κ1) is 25.4. The number of amides is 2. The third-order valence-electron chi connectivity index (χ3n) is 4.25. The van der Waals surface area contributed by atoms with Gasteiger partial charge in [0.15, 0.2) is 5.96 Å². The van der Waals surface area contributed by atoms with Gasteiger partial charge in [0, 0.05) is 13.0 Å². The Morgan fingerprint density at radius 3 is 2.16 bits per heavy atom. The van der Waals surface area contributed by atoms with E-state index in [0.717, 1.165) is 0 Å². The van der Waals surface area contributed by atoms with Gasteiger partial charge in [0.25, 0.3) is 0 Å². The number of aliphatic carboxylic acids is 2. The zero-order valence-electron chi connectivity index (χ0n) is 16.8. The summed E-state index contributed by atoms with van der Waals surface area (Å²) >= 11 is 0. The molecule has 0 aromatic heterocycles. The number of carbonyl (C=O) groups excluding carboxylic acids is 2. The van der Waals surface area contributed by atoms with Crippen LogP contribution in [0.25, 0.3) is 0 Å². The molecule has 31 heavy (non-hydrogen) atoms. The first-order valence-electron chi connectivity index (χ1n) is 9.53. The normalized spacial score (nSPS) is 13.3. The van der Waals surface area contributed by atoms with E-state index in [1.54, 1.807) is 30.3 Å². The molecule has 170 valence electrons.